The van der Waals surface area contributed by atoms with Gasteiger partial charge < -0.3 is 10.0 Å². The number of carbonyl (C=O) groups is 2. The Morgan fingerprint density at radius 2 is 1.74 bits per heavy atom. The summed E-state index contributed by atoms with van der Waals surface area (Å²) in [6.07, 6.45) is 4.90. The summed E-state index contributed by atoms with van der Waals surface area (Å²) in [6.45, 7) is 10.5. The summed E-state index contributed by atoms with van der Waals surface area (Å²) in [5, 5.41) is 9.04. The molecule has 1 amide bonds. The van der Waals surface area contributed by atoms with Gasteiger partial charge in [-0.05, 0) is 73.1 Å². The Hall–Kier alpha value is -1.84. The van der Waals surface area contributed by atoms with Gasteiger partial charge in [-0.3, -0.25) is 9.59 Å². The maximum absolute atomic E-state index is 13.0. The van der Waals surface area contributed by atoms with E-state index in [0.29, 0.717) is 23.8 Å². The highest BCUT2D eigenvalue weighted by Crippen LogP contribution is 2.26. The van der Waals surface area contributed by atoms with Crippen LogP contribution in [0.2, 0.25) is 0 Å². The van der Waals surface area contributed by atoms with E-state index in [9.17, 15) is 9.59 Å². The molecule has 150 valence electrons. The van der Waals surface area contributed by atoms with Crippen LogP contribution in [0.15, 0.2) is 18.2 Å². The molecular weight excluding hydrogens is 338 g/mol. The minimum absolute atomic E-state index is 0.0886. The number of carboxylic acids is 1. The topological polar surface area (TPSA) is 57.6 Å². The van der Waals surface area contributed by atoms with Gasteiger partial charge in [0.05, 0.1) is 0 Å². The van der Waals surface area contributed by atoms with Crippen molar-refractivity contribution in [1.29, 1.82) is 0 Å². The largest absolute Gasteiger partial charge is 0.481 e. The molecule has 1 fully saturated rings. The van der Waals surface area contributed by atoms with Crippen LogP contribution in [0.5, 0.6) is 0 Å². The Labute approximate surface area is 164 Å². The van der Waals surface area contributed by atoms with Crippen LogP contribution >= 0.6 is 0 Å². The predicted octanol–water partition coefficient (Wildman–Crippen LogP) is 4.80. The highest BCUT2D eigenvalue weighted by atomic mass is 16.4. The summed E-state index contributed by atoms with van der Waals surface area (Å²) in [5.41, 5.74) is 2.87. The fourth-order valence-electron chi connectivity index (χ4n) is 4.09. The van der Waals surface area contributed by atoms with Crippen molar-refractivity contribution in [2.24, 2.45) is 17.8 Å². The number of hydrogen-bond donors (Lipinski definition) is 1. The number of amides is 1. The molecule has 1 aliphatic heterocycles. The van der Waals surface area contributed by atoms with E-state index in [1.54, 1.807) is 0 Å². The van der Waals surface area contributed by atoms with Crippen LogP contribution in [0.4, 0.5) is 0 Å². The van der Waals surface area contributed by atoms with E-state index in [1.165, 1.54) is 12.0 Å². The fourth-order valence-corrected chi connectivity index (χ4v) is 4.09. The molecule has 2 rings (SSSR count). The first-order chi connectivity index (χ1) is 12.8. The maximum atomic E-state index is 13.0. The Morgan fingerprint density at radius 1 is 1.07 bits per heavy atom. The van der Waals surface area contributed by atoms with Gasteiger partial charge in [0.2, 0.25) is 0 Å². The smallest absolute Gasteiger partial charge is 0.303 e. The second-order valence-electron chi connectivity index (χ2n) is 8.84. The molecule has 0 radical (unpaired) electrons. The number of carboxylic acid groups (broad SMARTS) is 1. The lowest BCUT2D eigenvalue weighted by molar-refractivity contribution is -0.136. The molecule has 1 aromatic carbocycles. The van der Waals surface area contributed by atoms with Crippen LogP contribution < -0.4 is 0 Å². The van der Waals surface area contributed by atoms with Gasteiger partial charge >= 0.3 is 5.97 Å². The molecule has 0 atom stereocenters. The van der Waals surface area contributed by atoms with Crippen LogP contribution in [-0.4, -0.2) is 35.0 Å². The van der Waals surface area contributed by atoms with Crippen molar-refractivity contribution in [2.45, 2.75) is 66.2 Å². The summed E-state index contributed by atoms with van der Waals surface area (Å²) in [6, 6.07) is 5.88. The Bertz CT molecular complexity index is 643. The molecule has 1 saturated heterocycles. The number of aryl methyl sites for hydroxylation is 1. The number of benzene rings is 1. The van der Waals surface area contributed by atoms with E-state index in [0.717, 1.165) is 43.8 Å². The van der Waals surface area contributed by atoms with Gasteiger partial charge in [0.25, 0.3) is 5.91 Å². The molecule has 27 heavy (non-hydrogen) atoms. The molecule has 1 heterocycles. The highest BCUT2D eigenvalue weighted by molar-refractivity contribution is 5.94. The number of carbonyl (C=O) groups excluding carboxylic acids is 1. The summed E-state index contributed by atoms with van der Waals surface area (Å²) < 4.78 is 0. The lowest BCUT2D eigenvalue weighted by Crippen LogP contribution is -2.38. The third kappa shape index (κ3) is 6.67. The van der Waals surface area contributed by atoms with E-state index in [2.05, 4.69) is 27.7 Å². The van der Waals surface area contributed by atoms with Gasteiger partial charge in [0, 0.05) is 25.1 Å². The van der Waals surface area contributed by atoms with Crippen molar-refractivity contribution in [3.63, 3.8) is 0 Å². The summed E-state index contributed by atoms with van der Waals surface area (Å²) in [4.78, 5) is 25.9. The van der Waals surface area contributed by atoms with Crippen LogP contribution in [0.25, 0.3) is 0 Å². The third-order valence-electron chi connectivity index (χ3n) is 5.40. The van der Waals surface area contributed by atoms with Crippen LogP contribution in [0, 0.1) is 17.8 Å². The second-order valence-corrected chi connectivity index (χ2v) is 8.84. The first-order valence-electron chi connectivity index (χ1n) is 10.4. The van der Waals surface area contributed by atoms with Gasteiger partial charge in [0.1, 0.15) is 0 Å². The number of nitrogens with zero attached hydrogens (tertiary/aromatic N) is 1. The lowest BCUT2D eigenvalue weighted by Gasteiger charge is -2.33. The van der Waals surface area contributed by atoms with Crippen LogP contribution in [0.3, 0.4) is 0 Å². The van der Waals surface area contributed by atoms with Crippen molar-refractivity contribution >= 4 is 11.9 Å². The predicted molar refractivity (Wildman–Crippen MR) is 109 cm³/mol. The Balaban J connectivity index is 2.09. The second kappa shape index (κ2) is 9.91. The average Bonchev–Trinajstić information content (AvgIpc) is 2.60. The van der Waals surface area contributed by atoms with Gasteiger partial charge in [-0.2, -0.15) is 0 Å². The van der Waals surface area contributed by atoms with Crippen LogP contribution in [-0.2, 0) is 17.6 Å². The summed E-state index contributed by atoms with van der Waals surface area (Å²) in [7, 11) is 0. The molecule has 0 unspecified atom stereocenters. The van der Waals surface area contributed by atoms with Crippen molar-refractivity contribution in [1.82, 2.24) is 4.90 Å². The molecule has 0 bridgehead atoms. The standard InChI is InChI=1S/C23H35NO3/c1-16(2)13-18-9-11-24(12-10-18)23(27)21-6-5-19(14-17(3)4)20(15-21)7-8-22(25)26/h5-6,15-18H,7-14H2,1-4H3,(H,25,26). The van der Waals surface area contributed by atoms with E-state index in [1.807, 2.05) is 23.1 Å². The Kier molecular flexibility index (Phi) is 7.88. The van der Waals surface area contributed by atoms with Gasteiger partial charge in [-0.25, -0.2) is 0 Å². The normalized spacial score (nSPS) is 15.6. The third-order valence-corrected chi connectivity index (χ3v) is 5.40. The zero-order valence-corrected chi connectivity index (χ0v) is 17.3. The molecule has 0 aromatic heterocycles. The molecule has 1 N–H and O–H groups in total. The molecule has 0 saturated carbocycles. The maximum Gasteiger partial charge on any atom is 0.303 e. The number of rotatable bonds is 8. The summed E-state index contributed by atoms with van der Waals surface area (Å²) >= 11 is 0. The van der Waals surface area contributed by atoms with Crippen molar-refractivity contribution in [3.05, 3.63) is 34.9 Å². The zero-order valence-electron chi connectivity index (χ0n) is 17.3. The molecule has 4 heteroatoms. The first kappa shape index (κ1) is 21.5. The van der Waals surface area contributed by atoms with Crippen molar-refractivity contribution < 1.29 is 14.7 Å². The lowest BCUT2D eigenvalue weighted by atomic mass is 9.88. The average molecular weight is 374 g/mol. The van der Waals surface area contributed by atoms with E-state index < -0.39 is 5.97 Å². The number of hydrogen-bond acceptors (Lipinski definition) is 2. The molecule has 1 aromatic rings. The summed E-state index contributed by atoms with van der Waals surface area (Å²) in [5.74, 6) is 1.23. The number of aliphatic carboxylic acids is 1. The van der Waals surface area contributed by atoms with Crippen LogP contribution in [0.1, 0.15) is 74.9 Å². The van der Waals surface area contributed by atoms with E-state index in [-0.39, 0.29) is 12.3 Å². The first-order valence-corrected chi connectivity index (χ1v) is 10.4. The fraction of sp³-hybridized carbons (Fsp3) is 0.652. The van der Waals surface area contributed by atoms with Gasteiger partial charge in [-0.15, -0.1) is 0 Å². The zero-order chi connectivity index (χ0) is 20.0. The molecule has 0 spiro atoms. The minimum Gasteiger partial charge on any atom is -0.481 e. The van der Waals surface area contributed by atoms with Crippen molar-refractivity contribution in [2.75, 3.05) is 13.1 Å². The SMILES string of the molecule is CC(C)Cc1ccc(C(=O)N2CCC(CC(C)C)CC2)cc1CCC(=O)O. The quantitative estimate of drug-likeness (QED) is 0.712. The van der Waals surface area contributed by atoms with E-state index >= 15 is 0 Å². The van der Waals surface area contributed by atoms with Crippen molar-refractivity contribution in [3.8, 4) is 0 Å². The number of piperidine rings is 1. The molecule has 1 aliphatic rings. The van der Waals surface area contributed by atoms with Gasteiger partial charge in [0.15, 0.2) is 0 Å². The molecule has 0 aliphatic carbocycles. The number of likely N-dealkylation sites (tertiary alicyclic amines) is 1. The highest BCUT2D eigenvalue weighted by Gasteiger charge is 2.24. The monoisotopic (exact) mass is 373 g/mol. The molecular formula is C23H35NO3. The molecule has 4 nitrogen and oxygen atoms in total. The Morgan fingerprint density at radius 3 is 2.30 bits per heavy atom. The van der Waals surface area contributed by atoms with Gasteiger partial charge in [-0.1, -0.05) is 33.8 Å². The minimum atomic E-state index is -0.797. The van der Waals surface area contributed by atoms with E-state index in [4.69, 9.17) is 5.11 Å².